The first kappa shape index (κ1) is 10.2. The minimum Gasteiger partial charge on any atom is -0.383 e. The van der Waals surface area contributed by atoms with Crippen LogP contribution in [-0.4, -0.2) is 4.98 Å². The van der Waals surface area contributed by atoms with Gasteiger partial charge in [0.15, 0.2) is 11.5 Å². The van der Waals surface area contributed by atoms with Crippen LogP contribution in [0.5, 0.6) is 0 Å². The zero-order valence-electron chi connectivity index (χ0n) is 5.99. The standard InChI is InChI=1S/C6H3BrF4N2/c7-2-1-3(8)4(6(9,10)11)13-5(2)12/h1H,(H2,12,13). The van der Waals surface area contributed by atoms with E-state index in [0.717, 1.165) is 0 Å². The smallest absolute Gasteiger partial charge is 0.383 e. The van der Waals surface area contributed by atoms with Crippen LogP contribution < -0.4 is 5.73 Å². The van der Waals surface area contributed by atoms with E-state index < -0.39 is 23.5 Å². The number of hydrogen-bond donors (Lipinski definition) is 1. The van der Waals surface area contributed by atoms with E-state index in [1.807, 2.05) is 0 Å². The molecule has 0 spiro atoms. The number of rotatable bonds is 0. The van der Waals surface area contributed by atoms with Crippen LogP contribution in [0, 0.1) is 5.82 Å². The lowest BCUT2D eigenvalue weighted by Gasteiger charge is -2.07. The van der Waals surface area contributed by atoms with Gasteiger partial charge in [0.2, 0.25) is 0 Å². The molecule has 0 aliphatic carbocycles. The predicted octanol–water partition coefficient (Wildman–Crippen LogP) is 2.58. The van der Waals surface area contributed by atoms with Crippen molar-refractivity contribution >= 4 is 21.7 Å². The van der Waals surface area contributed by atoms with Gasteiger partial charge in [0.25, 0.3) is 0 Å². The molecule has 1 rings (SSSR count). The minimum atomic E-state index is -4.82. The van der Waals surface area contributed by atoms with Crippen molar-refractivity contribution in [1.29, 1.82) is 0 Å². The SMILES string of the molecule is Nc1nc(C(F)(F)F)c(F)cc1Br. The summed E-state index contributed by atoms with van der Waals surface area (Å²) in [5, 5.41) is 0. The van der Waals surface area contributed by atoms with Crippen molar-refractivity contribution in [3.63, 3.8) is 0 Å². The van der Waals surface area contributed by atoms with Crippen molar-refractivity contribution in [3.05, 3.63) is 22.1 Å². The average Bonchev–Trinajstić information content (AvgIpc) is 1.94. The Hall–Kier alpha value is -0.850. The molecule has 0 unspecified atom stereocenters. The van der Waals surface area contributed by atoms with Gasteiger partial charge in [0.05, 0.1) is 4.47 Å². The van der Waals surface area contributed by atoms with Crippen LogP contribution in [0.15, 0.2) is 10.5 Å². The molecule has 0 saturated heterocycles. The summed E-state index contributed by atoms with van der Waals surface area (Å²) in [6, 6.07) is 0.630. The van der Waals surface area contributed by atoms with Gasteiger partial charge in [0.1, 0.15) is 5.82 Å². The largest absolute Gasteiger partial charge is 0.436 e. The molecule has 0 radical (unpaired) electrons. The maximum absolute atomic E-state index is 12.7. The number of anilines is 1. The number of halogens is 5. The molecule has 0 aliphatic rings. The Kier molecular flexibility index (Phi) is 2.47. The monoisotopic (exact) mass is 258 g/mol. The number of pyridine rings is 1. The number of alkyl halides is 3. The molecule has 2 N–H and O–H groups in total. The zero-order valence-corrected chi connectivity index (χ0v) is 7.58. The molecule has 0 aliphatic heterocycles. The quantitative estimate of drug-likeness (QED) is 0.727. The molecule has 72 valence electrons. The molecule has 0 aromatic carbocycles. The zero-order chi connectivity index (χ0) is 10.2. The molecular formula is C6H3BrF4N2. The normalized spacial score (nSPS) is 11.8. The average molecular weight is 259 g/mol. The van der Waals surface area contributed by atoms with E-state index in [-0.39, 0.29) is 4.47 Å². The summed E-state index contributed by atoms with van der Waals surface area (Å²) < 4.78 is 48.6. The van der Waals surface area contributed by atoms with Crippen LogP contribution in [0.25, 0.3) is 0 Å². The lowest BCUT2D eigenvalue weighted by atomic mass is 10.3. The Morgan fingerprint density at radius 2 is 1.92 bits per heavy atom. The number of nitrogens with zero attached hydrogens (tertiary/aromatic N) is 1. The molecule has 1 aromatic heterocycles. The molecule has 13 heavy (non-hydrogen) atoms. The predicted molar refractivity (Wildman–Crippen MR) is 41.3 cm³/mol. The second-order valence-corrected chi connectivity index (χ2v) is 3.04. The first-order valence-electron chi connectivity index (χ1n) is 3.01. The maximum atomic E-state index is 12.7. The molecule has 0 atom stereocenters. The van der Waals surface area contributed by atoms with E-state index in [4.69, 9.17) is 5.73 Å². The molecule has 0 bridgehead atoms. The highest BCUT2D eigenvalue weighted by molar-refractivity contribution is 9.10. The van der Waals surface area contributed by atoms with Crippen LogP contribution in [0.4, 0.5) is 23.4 Å². The van der Waals surface area contributed by atoms with Crippen molar-refractivity contribution in [3.8, 4) is 0 Å². The van der Waals surface area contributed by atoms with Gasteiger partial charge in [-0.05, 0) is 22.0 Å². The first-order valence-corrected chi connectivity index (χ1v) is 3.80. The Morgan fingerprint density at radius 3 is 2.38 bits per heavy atom. The number of nitrogen functional groups attached to an aromatic ring is 1. The molecule has 1 aromatic rings. The fourth-order valence-corrected chi connectivity index (χ4v) is 0.969. The Morgan fingerprint density at radius 1 is 1.38 bits per heavy atom. The van der Waals surface area contributed by atoms with E-state index in [9.17, 15) is 17.6 Å². The van der Waals surface area contributed by atoms with E-state index >= 15 is 0 Å². The summed E-state index contributed by atoms with van der Waals surface area (Å²) in [4.78, 5) is 2.87. The van der Waals surface area contributed by atoms with E-state index in [1.54, 1.807) is 0 Å². The van der Waals surface area contributed by atoms with Crippen LogP contribution in [0.1, 0.15) is 5.69 Å². The summed E-state index contributed by atoms with van der Waals surface area (Å²) in [5.74, 6) is -1.85. The third-order valence-electron chi connectivity index (χ3n) is 1.23. The van der Waals surface area contributed by atoms with Crippen molar-refractivity contribution in [1.82, 2.24) is 4.98 Å². The second kappa shape index (κ2) is 3.13. The van der Waals surface area contributed by atoms with Crippen LogP contribution >= 0.6 is 15.9 Å². The van der Waals surface area contributed by atoms with Gasteiger partial charge in [-0.2, -0.15) is 13.2 Å². The van der Waals surface area contributed by atoms with Crippen molar-refractivity contribution in [2.24, 2.45) is 0 Å². The van der Waals surface area contributed by atoms with Gasteiger partial charge in [0, 0.05) is 0 Å². The van der Waals surface area contributed by atoms with Gasteiger partial charge in [-0.15, -0.1) is 0 Å². The molecule has 0 amide bonds. The lowest BCUT2D eigenvalue weighted by molar-refractivity contribution is -0.143. The molecule has 2 nitrogen and oxygen atoms in total. The van der Waals surface area contributed by atoms with Gasteiger partial charge >= 0.3 is 6.18 Å². The van der Waals surface area contributed by atoms with Gasteiger partial charge < -0.3 is 5.73 Å². The molecule has 7 heteroatoms. The van der Waals surface area contributed by atoms with Crippen molar-refractivity contribution in [2.75, 3.05) is 5.73 Å². The van der Waals surface area contributed by atoms with Crippen LogP contribution in [0.2, 0.25) is 0 Å². The van der Waals surface area contributed by atoms with Crippen LogP contribution in [0.3, 0.4) is 0 Å². The van der Waals surface area contributed by atoms with Crippen molar-refractivity contribution < 1.29 is 17.6 Å². The van der Waals surface area contributed by atoms with E-state index in [0.29, 0.717) is 6.07 Å². The first-order chi connectivity index (χ1) is 5.82. The summed E-state index contributed by atoms with van der Waals surface area (Å²) in [6.45, 7) is 0. The van der Waals surface area contributed by atoms with Crippen LogP contribution in [-0.2, 0) is 6.18 Å². The topological polar surface area (TPSA) is 38.9 Å². The van der Waals surface area contributed by atoms with Gasteiger partial charge in [-0.25, -0.2) is 9.37 Å². The highest BCUT2D eigenvalue weighted by Crippen LogP contribution is 2.32. The highest BCUT2D eigenvalue weighted by Gasteiger charge is 2.36. The van der Waals surface area contributed by atoms with E-state index in [2.05, 4.69) is 20.9 Å². The summed E-state index contributed by atoms with van der Waals surface area (Å²) in [7, 11) is 0. The second-order valence-electron chi connectivity index (χ2n) is 2.18. The fraction of sp³-hybridized carbons (Fsp3) is 0.167. The number of aromatic nitrogens is 1. The summed E-state index contributed by atoms with van der Waals surface area (Å²) in [5.41, 5.74) is 3.46. The third-order valence-corrected chi connectivity index (χ3v) is 1.86. The van der Waals surface area contributed by atoms with Crippen molar-refractivity contribution in [2.45, 2.75) is 6.18 Å². The number of nitrogens with two attached hydrogens (primary N) is 1. The Balaban J connectivity index is 3.32. The lowest BCUT2D eigenvalue weighted by Crippen LogP contribution is -2.12. The number of hydrogen-bond acceptors (Lipinski definition) is 2. The van der Waals surface area contributed by atoms with Gasteiger partial charge in [-0.3, -0.25) is 0 Å². The molecule has 0 fully saturated rings. The Labute approximate surface area is 78.9 Å². The molecule has 0 saturated carbocycles. The summed E-state index contributed by atoms with van der Waals surface area (Å²) >= 11 is 2.75. The van der Waals surface area contributed by atoms with E-state index in [1.165, 1.54) is 0 Å². The summed E-state index contributed by atoms with van der Waals surface area (Å²) in [6.07, 6.45) is -4.82. The molecule has 1 heterocycles. The Bertz CT molecular complexity index is 336. The highest BCUT2D eigenvalue weighted by atomic mass is 79.9. The molecular weight excluding hydrogens is 256 g/mol. The third kappa shape index (κ3) is 2.09. The minimum absolute atomic E-state index is 0.00185. The van der Waals surface area contributed by atoms with Gasteiger partial charge in [-0.1, -0.05) is 0 Å². The maximum Gasteiger partial charge on any atom is 0.436 e. The fourth-order valence-electron chi connectivity index (χ4n) is 0.680.